The van der Waals surface area contributed by atoms with Crippen molar-refractivity contribution in [3.8, 4) is 5.75 Å². The van der Waals surface area contributed by atoms with E-state index in [0.29, 0.717) is 15.8 Å². The number of benzene rings is 2. The quantitative estimate of drug-likeness (QED) is 0.657. The van der Waals surface area contributed by atoms with Gasteiger partial charge in [0.25, 0.3) is 0 Å². The van der Waals surface area contributed by atoms with E-state index in [9.17, 15) is 0 Å². The van der Waals surface area contributed by atoms with Crippen LogP contribution in [0.4, 0.5) is 0 Å². The smallest absolute Gasteiger partial charge is 0.192 e. The van der Waals surface area contributed by atoms with Crippen LogP contribution in [0.1, 0.15) is 0 Å². The molecule has 0 aliphatic carbocycles. The van der Waals surface area contributed by atoms with Gasteiger partial charge in [0, 0.05) is 11.6 Å². The molecular formula is C14H9Cl2NO. The second-order valence-electron chi connectivity index (χ2n) is 3.84. The van der Waals surface area contributed by atoms with E-state index >= 15 is 0 Å². The van der Waals surface area contributed by atoms with Crippen LogP contribution in [-0.4, -0.2) is 4.73 Å². The van der Waals surface area contributed by atoms with Gasteiger partial charge in [0.05, 0.1) is 15.6 Å². The van der Waals surface area contributed by atoms with Gasteiger partial charge in [-0.15, -0.1) is 0 Å². The van der Waals surface area contributed by atoms with E-state index in [2.05, 4.69) is 0 Å². The summed E-state index contributed by atoms with van der Waals surface area (Å²) in [6.07, 6.45) is 1.84. The van der Waals surface area contributed by atoms with Gasteiger partial charge in [0.1, 0.15) is 0 Å². The van der Waals surface area contributed by atoms with E-state index in [1.807, 2.05) is 36.5 Å². The average molecular weight is 278 g/mol. The number of hydrogen-bond acceptors (Lipinski definition) is 1. The summed E-state index contributed by atoms with van der Waals surface area (Å²) in [6.45, 7) is 0. The molecule has 0 saturated heterocycles. The SMILES string of the molecule is Clc1cccc(Cl)c1On1ccc2ccccc21. The molecule has 1 heterocycles. The summed E-state index contributed by atoms with van der Waals surface area (Å²) in [7, 11) is 0. The van der Waals surface area contributed by atoms with E-state index in [-0.39, 0.29) is 0 Å². The van der Waals surface area contributed by atoms with Crippen LogP contribution in [-0.2, 0) is 0 Å². The molecule has 0 atom stereocenters. The molecular weight excluding hydrogens is 269 g/mol. The summed E-state index contributed by atoms with van der Waals surface area (Å²) >= 11 is 12.1. The first-order chi connectivity index (χ1) is 8.75. The molecule has 0 spiro atoms. The highest BCUT2D eigenvalue weighted by atomic mass is 35.5. The van der Waals surface area contributed by atoms with E-state index in [1.54, 1.807) is 22.9 Å². The van der Waals surface area contributed by atoms with Crippen molar-refractivity contribution in [3.63, 3.8) is 0 Å². The number of halogens is 2. The van der Waals surface area contributed by atoms with Crippen LogP contribution in [0.25, 0.3) is 10.9 Å². The standard InChI is InChI=1S/C14H9Cl2NO/c15-11-5-3-6-12(16)14(11)18-17-9-8-10-4-1-2-7-13(10)17/h1-9H. The second kappa shape index (κ2) is 4.56. The summed E-state index contributed by atoms with van der Waals surface area (Å²) in [6, 6.07) is 15.2. The zero-order valence-corrected chi connectivity index (χ0v) is 10.8. The Morgan fingerprint density at radius 1 is 0.833 bits per heavy atom. The first-order valence-electron chi connectivity index (χ1n) is 5.44. The van der Waals surface area contributed by atoms with E-state index < -0.39 is 0 Å². The molecule has 0 fully saturated rings. The first kappa shape index (κ1) is 11.5. The van der Waals surface area contributed by atoms with Crippen LogP contribution in [0, 0.1) is 0 Å². The average Bonchev–Trinajstić information content (AvgIpc) is 2.77. The van der Waals surface area contributed by atoms with Gasteiger partial charge in [-0.25, -0.2) is 0 Å². The molecule has 1 aromatic heterocycles. The fourth-order valence-electron chi connectivity index (χ4n) is 1.81. The van der Waals surface area contributed by atoms with Crippen molar-refractivity contribution >= 4 is 34.1 Å². The Morgan fingerprint density at radius 2 is 1.56 bits per heavy atom. The zero-order valence-electron chi connectivity index (χ0n) is 9.31. The second-order valence-corrected chi connectivity index (χ2v) is 4.66. The highest BCUT2D eigenvalue weighted by Gasteiger charge is 2.09. The summed E-state index contributed by atoms with van der Waals surface area (Å²) in [5, 5.41) is 2.07. The highest BCUT2D eigenvalue weighted by Crippen LogP contribution is 2.33. The Labute approximate surface area is 114 Å². The lowest BCUT2D eigenvalue weighted by Crippen LogP contribution is -2.03. The van der Waals surface area contributed by atoms with Crippen molar-refractivity contribution in [2.24, 2.45) is 0 Å². The Morgan fingerprint density at radius 3 is 2.33 bits per heavy atom. The fraction of sp³-hybridized carbons (Fsp3) is 0. The number of aromatic nitrogens is 1. The van der Waals surface area contributed by atoms with Gasteiger partial charge in [-0.1, -0.05) is 47.5 Å². The molecule has 4 heteroatoms. The Bertz CT molecular complexity index is 686. The summed E-state index contributed by atoms with van der Waals surface area (Å²) in [5.74, 6) is 0.460. The summed E-state index contributed by atoms with van der Waals surface area (Å²) in [5.41, 5.74) is 0.966. The summed E-state index contributed by atoms with van der Waals surface area (Å²) in [4.78, 5) is 5.75. The number of rotatable bonds is 2. The Hall–Kier alpha value is -1.64. The monoisotopic (exact) mass is 277 g/mol. The van der Waals surface area contributed by atoms with Crippen LogP contribution in [0.15, 0.2) is 54.7 Å². The van der Waals surface area contributed by atoms with Gasteiger partial charge in [0.15, 0.2) is 5.75 Å². The van der Waals surface area contributed by atoms with Crippen molar-refractivity contribution in [2.45, 2.75) is 0 Å². The van der Waals surface area contributed by atoms with Crippen molar-refractivity contribution in [1.29, 1.82) is 0 Å². The lowest BCUT2D eigenvalue weighted by Gasteiger charge is -2.10. The number of hydrogen-bond donors (Lipinski definition) is 0. The normalized spacial score (nSPS) is 10.8. The molecule has 0 radical (unpaired) electrons. The molecule has 2 aromatic carbocycles. The highest BCUT2D eigenvalue weighted by molar-refractivity contribution is 6.37. The molecule has 90 valence electrons. The maximum absolute atomic E-state index is 6.07. The molecule has 0 aliphatic rings. The van der Waals surface area contributed by atoms with Crippen molar-refractivity contribution < 1.29 is 4.84 Å². The molecule has 3 rings (SSSR count). The zero-order chi connectivity index (χ0) is 12.5. The van der Waals surface area contributed by atoms with Gasteiger partial charge < -0.3 is 4.84 Å². The van der Waals surface area contributed by atoms with Gasteiger partial charge in [-0.05, 0) is 24.3 Å². The predicted octanol–water partition coefficient (Wildman–Crippen LogP) is 4.79. The molecule has 0 aliphatic heterocycles. The van der Waals surface area contributed by atoms with Crippen LogP contribution in [0.5, 0.6) is 5.75 Å². The Kier molecular flexibility index (Phi) is 2.90. The van der Waals surface area contributed by atoms with Crippen LogP contribution < -0.4 is 4.84 Å². The third-order valence-electron chi connectivity index (χ3n) is 2.67. The minimum atomic E-state index is 0.460. The lowest BCUT2D eigenvalue weighted by molar-refractivity contribution is 0.229. The largest absolute Gasteiger partial charge is 0.372 e. The molecule has 0 bridgehead atoms. The van der Waals surface area contributed by atoms with Gasteiger partial charge in [0.2, 0.25) is 0 Å². The van der Waals surface area contributed by atoms with E-state index in [4.69, 9.17) is 28.0 Å². The third kappa shape index (κ3) is 1.94. The maximum atomic E-state index is 6.07. The molecule has 0 saturated carbocycles. The molecule has 3 aromatic rings. The van der Waals surface area contributed by atoms with Crippen LogP contribution in [0.3, 0.4) is 0 Å². The number of fused-ring (bicyclic) bond motifs is 1. The van der Waals surface area contributed by atoms with Gasteiger partial charge >= 0.3 is 0 Å². The van der Waals surface area contributed by atoms with E-state index in [1.165, 1.54) is 0 Å². The summed E-state index contributed by atoms with van der Waals surface area (Å²) < 4.78 is 1.66. The van der Waals surface area contributed by atoms with Crippen LogP contribution >= 0.6 is 23.2 Å². The molecule has 2 nitrogen and oxygen atoms in total. The van der Waals surface area contributed by atoms with Crippen molar-refractivity contribution in [2.75, 3.05) is 0 Å². The number of para-hydroxylation sites is 2. The Balaban J connectivity index is 2.07. The minimum absolute atomic E-state index is 0.460. The van der Waals surface area contributed by atoms with Gasteiger partial charge in [-0.2, -0.15) is 4.73 Å². The fourth-order valence-corrected chi connectivity index (χ4v) is 2.27. The van der Waals surface area contributed by atoms with E-state index in [0.717, 1.165) is 10.9 Å². The molecule has 0 unspecified atom stereocenters. The molecule has 0 amide bonds. The lowest BCUT2D eigenvalue weighted by atomic mass is 10.3. The third-order valence-corrected chi connectivity index (χ3v) is 3.27. The molecule has 18 heavy (non-hydrogen) atoms. The van der Waals surface area contributed by atoms with Crippen LogP contribution in [0.2, 0.25) is 10.0 Å². The molecule has 0 N–H and O–H groups in total. The van der Waals surface area contributed by atoms with Crippen molar-refractivity contribution in [3.05, 3.63) is 64.8 Å². The topological polar surface area (TPSA) is 14.2 Å². The van der Waals surface area contributed by atoms with Gasteiger partial charge in [-0.3, -0.25) is 0 Å². The number of nitrogens with zero attached hydrogens (tertiary/aromatic N) is 1. The maximum Gasteiger partial charge on any atom is 0.192 e. The minimum Gasteiger partial charge on any atom is -0.372 e. The first-order valence-corrected chi connectivity index (χ1v) is 6.20. The predicted molar refractivity (Wildman–Crippen MR) is 74.4 cm³/mol. The van der Waals surface area contributed by atoms with Crippen molar-refractivity contribution in [1.82, 2.24) is 4.73 Å².